The zero-order valence-electron chi connectivity index (χ0n) is 20.0. The van der Waals surface area contributed by atoms with Crippen molar-refractivity contribution in [2.75, 3.05) is 18.1 Å². The summed E-state index contributed by atoms with van der Waals surface area (Å²) in [6, 6.07) is 14.5. The lowest BCUT2D eigenvalue weighted by atomic mass is 9.78. The van der Waals surface area contributed by atoms with Crippen molar-refractivity contribution in [2.45, 2.75) is 71.6 Å². The van der Waals surface area contributed by atoms with Crippen molar-refractivity contribution in [1.29, 1.82) is 0 Å². The zero-order valence-corrected chi connectivity index (χ0v) is 20.8. The van der Waals surface area contributed by atoms with Crippen LogP contribution in [0.1, 0.15) is 70.2 Å². The fourth-order valence-electron chi connectivity index (χ4n) is 3.45. The highest BCUT2D eigenvalue weighted by molar-refractivity contribution is 7.99. The fraction of sp³-hybridized carbons (Fsp3) is 0.519. The monoisotopic (exact) mass is 442 g/mol. The fourth-order valence-corrected chi connectivity index (χ4v) is 4.24. The van der Waals surface area contributed by atoms with Crippen LogP contribution in [-0.4, -0.2) is 29.2 Å². The molecule has 0 aliphatic carbocycles. The van der Waals surface area contributed by atoms with Gasteiger partial charge >= 0.3 is 5.97 Å². The molecular weight excluding hydrogens is 404 g/mol. The van der Waals surface area contributed by atoms with Crippen molar-refractivity contribution in [3.8, 4) is 5.75 Å². The Morgan fingerprint density at radius 1 is 0.871 bits per heavy atom. The average molecular weight is 443 g/mol. The van der Waals surface area contributed by atoms with Gasteiger partial charge in [-0.15, -0.1) is 0 Å². The molecule has 0 bridgehead atoms. The van der Waals surface area contributed by atoms with Crippen LogP contribution in [-0.2, 0) is 33.2 Å². The van der Waals surface area contributed by atoms with E-state index in [0.717, 1.165) is 34.6 Å². The van der Waals surface area contributed by atoms with E-state index in [4.69, 9.17) is 4.74 Å². The first-order valence-electron chi connectivity index (χ1n) is 11.1. The third-order valence-corrected chi connectivity index (χ3v) is 6.22. The lowest BCUT2D eigenvalue weighted by molar-refractivity contribution is -0.142. The van der Waals surface area contributed by atoms with E-state index in [0.29, 0.717) is 25.2 Å². The smallest absolute Gasteiger partial charge is 0.306 e. The topological polar surface area (TPSA) is 46.5 Å². The quantitative estimate of drug-likeness (QED) is 0.359. The van der Waals surface area contributed by atoms with Gasteiger partial charge in [0, 0.05) is 12.2 Å². The zero-order chi connectivity index (χ0) is 23.1. The van der Waals surface area contributed by atoms with E-state index in [1.807, 2.05) is 30.0 Å². The minimum atomic E-state index is -0.169. The van der Waals surface area contributed by atoms with Gasteiger partial charge in [0.1, 0.15) is 12.4 Å². The molecule has 2 rings (SSSR count). The Morgan fingerprint density at radius 3 is 2.00 bits per heavy atom. The molecule has 4 heteroatoms. The second-order valence-corrected chi connectivity index (χ2v) is 11.3. The van der Waals surface area contributed by atoms with Crippen LogP contribution in [0.4, 0.5) is 0 Å². The van der Waals surface area contributed by atoms with E-state index in [1.54, 1.807) is 0 Å². The van der Waals surface area contributed by atoms with E-state index in [1.165, 1.54) is 5.56 Å². The van der Waals surface area contributed by atoms with Crippen LogP contribution in [0.15, 0.2) is 42.5 Å². The largest absolute Gasteiger partial charge is 0.507 e. The van der Waals surface area contributed by atoms with Crippen molar-refractivity contribution < 1.29 is 14.6 Å². The van der Waals surface area contributed by atoms with Crippen LogP contribution in [0.2, 0.25) is 0 Å². The van der Waals surface area contributed by atoms with Gasteiger partial charge in [-0.2, -0.15) is 11.8 Å². The van der Waals surface area contributed by atoms with Crippen molar-refractivity contribution in [3.05, 3.63) is 64.7 Å². The van der Waals surface area contributed by atoms with E-state index in [2.05, 4.69) is 65.8 Å². The highest BCUT2D eigenvalue weighted by Gasteiger charge is 2.26. The summed E-state index contributed by atoms with van der Waals surface area (Å²) < 4.78 is 5.43. The van der Waals surface area contributed by atoms with Gasteiger partial charge in [-0.05, 0) is 51.7 Å². The van der Waals surface area contributed by atoms with Crippen molar-refractivity contribution in [2.24, 2.45) is 0 Å². The molecule has 0 saturated carbocycles. The van der Waals surface area contributed by atoms with Gasteiger partial charge in [-0.3, -0.25) is 4.79 Å². The summed E-state index contributed by atoms with van der Waals surface area (Å²) in [6.45, 7) is 13.0. The third kappa shape index (κ3) is 8.25. The second-order valence-electron chi connectivity index (χ2n) is 10.1. The maximum atomic E-state index is 12.2. The lowest BCUT2D eigenvalue weighted by Gasteiger charge is -2.28. The minimum absolute atomic E-state index is 0.161. The van der Waals surface area contributed by atoms with E-state index in [9.17, 15) is 9.90 Å². The molecule has 0 aliphatic rings. The summed E-state index contributed by atoms with van der Waals surface area (Å²) >= 11 is 1.81. The lowest BCUT2D eigenvalue weighted by Crippen LogP contribution is -2.18. The molecule has 0 spiro atoms. The summed E-state index contributed by atoms with van der Waals surface area (Å²) in [6.07, 6.45) is 2.01. The first kappa shape index (κ1) is 25.3. The summed E-state index contributed by atoms with van der Waals surface area (Å²) in [5, 5.41) is 10.8. The van der Waals surface area contributed by atoms with E-state index in [-0.39, 0.29) is 16.8 Å². The number of thioether (sulfide) groups is 1. The van der Waals surface area contributed by atoms with Crippen LogP contribution in [0.25, 0.3) is 0 Å². The van der Waals surface area contributed by atoms with Crippen molar-refractivity contribution in [1.82, 2.24) is 0 Å². The minimum Gasteiger partial charge on any atom is -0.507 e. The molecule has 0 aromatic heterocycles. The van der Waals surface area contributed by atoms with Crippen LogP contribution in [0.5, 0.6) is 5.75 Å². The molecular formula is C27H38O3S. The molecule has 0 unspecified atom stereocenters. The maximum Gasteiger partial charge on any atom is 0.306 e. The van der Waals surface area contributed by atoms with Gasteiger partial charge < -0.3 is 9.84 Å². The predicted octanol–water partition coefficient (Wildman–Crippen LogP) is 6.44. The molecule has 31 heavy (non-hydrogen) atoms. The summed E-state index contributed by atoms with van der Waals surface area (Å²) in [5.41, 5.74) is 3.93. The number of hydrogen-bond donors (Lipinski definition) is 1. The Balaban J connectivity index is 1.83. The maximum absolute atomic E-state index is 12.2. The molecule has 0 radical (unpaired) electrons. The average Bonchev–Trinajstić information content (AvgIpc) is 2.68. The molecule has 170 valence electrons. The number of ether oxygens (including phenoxy) is 1. The van der Waals surface area contributed by atoms with Crippen LogP contribution >= 0.6 is 11.8 Å². The first-order valence-corrected chi connectivity index (χ1v) is 12.3. The first-order chi connectivity index (χ1) is 14.5. The standard InChI is InChI=1S/C27H38O3S/c1-26(2,3)22-18-21(19-23(25(22)29)27(4,5)6)12-13-24(28)30-15-17-31-16-14-20-10-8-7-9-11-20/h7-11,18-19,29H,12-17H2,1-6H3. The molecule has 0 amide bonds. The number of esters is 1. The number of phenolic OH excluding ortho intramolecular Hbond substituents is 1. The van der Waals surface area contributed by atoms with Gasteiger partial charge in [-0.25, -0.2) is 0 Å². The van der Waals surface area contributed by atoms with Gasteiger partial charge in [0.15, 0.2) is 0 Å². The van der Waals surface area contributed by atoms with E-state index < -0.39 is 0 Å². The van der Waals surface area contributed by atoms with Crippen molar-refractivity contribution >= 4 is 17.7 Å². The Morgan fingerprint density at radius 2 is 1.45 bits per heavy atom. The number of hydrogen-bond acceptors (Lipinski definition) is 4. The Bertz CT molecular complexity index is 810. The molecule has 0 heterocycles. The summed E-state index contributed by atoms with van der Waals surface area (Å²) in [5.74, 6) is 2.06. The molecule has 0 saturated heterocycles. The summed E-state index contributed by atoms with van der Waals surface area (Å²) in [4.78, 5) is 12.2. The predicted molar refractivity (Wildman–Crippen MR) is 132 cm³/mol. The molecule has 1 N–H and O–H groups in total. The van der Waals surface area contributed by atoms with Crippen LogP contribution in [0, 0.1) is 0 Å². The number of aryl methyl sites for hydroxylation is 2. The number of carbonyl (C=O) groups excluding carboxylic acids is 1. The molecule has 2 aromatic rings. The summed E-state index contributed by atoms with van der Waals surface area (Å²) in [7, 11) is 0. The molecule has 2 aromatic carbocycles. The number of rotatable bonds is 9. The number of aromatic hydroxyl groups is 1. The highest BCUT2D eigenvalue weighted by atomic mass is 32.2. The van der Waals surface area contributed by atoms with Crippen LogP contribution in [0.3, 0.4) is 0 Å². The second kappa shape index (κ2) is 11.1. The number of benzene rings is 2. The normalized spacial score (nSPS) is 12.1. The van der Waals surface area contributed by atoms with E-state index >= 15 is 0 Å². The van der Waals surface area contributed by atoms with Crippen molar-refractivity contribution in [3.63, 3.8) is 0 Å². The molecule has 0 aliphatic heterocycles. The number of carbonyl (C=O) groups is 1. The molecule has 0 atom stereocenters. The van der Waals surface area contributed by atoms with Gasteiger partial charge in [0.05, 0.1) is 0 Å². The Labute approximate surface area is 192 Å². The van der Waals surface area contributed by atoms with Gasteiger partial charge in [0.25, 0.3) is 0 Å². The van der Waals surface area contributed by atoms with Gasteiger partial charge in [0.2, 0.25) is 0 Å². The molecule has 3 nitrogen and oxygen atoms in total. The third-order valence-electron chi connectivity index (χ3n) is 5.27. The van der Waals surface area contributed by atoms with Gasteiger partial charge in [-0.1, -0.05) is 84.0 Å². The SMILES string of the molecule is CC(C)(C)c1cc(CCC(=O)OCCSCCc2ccccc2)cc(C(C)(C)C)c1O. The Kier molecular flexibility index (Phi) is 9.05. The number of phenols is 1. The highest BCUT2D eigenvalue weighted by Crippen LogP contribution is 2.40. The molecule has 0 fully saturated rings. The van der Waals surface area contributed by atoms with Crippen LogP contribution < -0.4 is 0 Å². The Hall–Kier alpha value is -1.94.